The van der Waals surface area contributed by atoms with Crippen LogP contribution in [0.15, 0.2) is 53.4 Å². The van der Waals surface area contributed by atoms with E-state index in [9.17, 15) is 14.0 Å². The number of amides is 2. The summed E-state index contributed by atoms with van der Waals surface area (Å²) in [6.07, 6.45) is 1.97. The molecule has 1 unspecified atom stereocenters. The summed E-state index contributed by atoms with van der Waals surface area (Å²) < 4.78 is 18.5. The number of hydrogen-bond acceptors (Lipinski definition) is 4. The number of piperidine rings is 1. The Labute approximate surface area is 190 Å². The maximum atomic E-state index is 13.2. The molecule has 0 aromatic heterocycles. The van der Waals surface area contributed by atoms with Crippen LogP contribution in [0.4, 0.5) is 9.18 Å². The Balaban J connectivity index is 1.30. The van der Waals surface area contributed by atoms with E-state index in [0.717, 1.165) is 19.3 Å². The second kappa shape index (κ2) is 9.92. The van der Waals surface area contributed by atoms with Gasteiger partial charge in [0.25, 0.3) is 0 Å². The minimum atomic E-state index is -0.395. The fourth-order valence-electron chi connectivity index (χ4n) is 4.18. The molecule has 0 aliphatic carbocycles. The van der Waals surface area contributed by atoms with Crippen molar-refractivity contribution in [3.8, 4) is 0 Å². The van der Waals surface area contributed by atoms with E-state index in [4.69, 9.17) is 16.3 Å². The van der Waals surface area contributed by atoms with Crippen LogP contribution in [0.2, 0.25) is 5.02 Å². The van der Waals surface area contributed by atoms with Crippen LogP contribution < -0.4 is 0 Å². The summed E-state index contributed by atoms with van der Waals surface area (Å²) in [5.41, 5.74) is 1.18. The van der Waals surface area contributed by atoms with Gasteiger partial charge in [-0.2, -0.15) is 0 Å². The average Bonchev–Trinajstić information content (AvgIpc) is 3.13. The first kappa shape index (κ1) is 22.0. The maximum Gasteiger partial charge on any atom is 0.410 e. The Morgan fingerprint density at radius 3 is 2.61 bits per heavy atom. The minimum absolute atomic E-state index is 0.0219. The zero-order valence-electron chi connectivity index (χ0n) is 17.0. The number of carbonyl (C=O) groups is 2. The zero-order valence-corrected chi connectivity index (χ0v) is 18.6. The van der Waals surface area contributed by atoms with Crippen molar-refractivity contribution in [2.45, 2.75) is 36.2 Å². The van der Waals surface area contributed by atoms with E-state index in [0.29, 0.717) is 29.6 Å². The number of halogens is 2. The van der Waals surface area contributed by atoms with Gasteiger partial charge in [0.05, 0.1) is 16.8 Å². The van der Waals surface area contributed by atoms with E-state index in [-0.39, 0.29) is 29.8 Å². The molecule has 5 nitrogen and oxygen atoms in total. The third kappa shape index (κ3) is 5.33. The van der Waals surface area contributed by atoms with Crippen molar-refractivity contribution in [2.24, 2.45) is 0 Å². The minimum Gasteiger partial charge on any atom is -0.447 e. The quantitative estimate of drug-likeness (QED) is 0.587. The van der Waals surface area contributed by atoms with Crippen LogP contribution in [0.3, 0.4) is 0 Å². The number of ether oxygens (including phenoxy) is 1. The Morgan fingerprint density at radius 2 is 1.90 bits per heavy atom. The Kier molecular flexibility index (Phi) is 7.02. The van der Waals surface area contributed by atoms with Gasteiger partial charge in [-0.1, -0.05) is 41.9 Å². The normalized spacial score (nSPS) is 19.5. The third-order valence-corrected chi connectivity index (χ3v) is 7.26. The number of carbonyl (C=O) groups excluding carboxylic acids is 2. The van der Waals surface area contributed by atoms with Crippen molar-refractivity contribution in [2.75, 3.05) is 25.4 Å². The lowest BCUT2D eigenvalue weighted by atomic mass is 9.99. The van der Waals surface area contributed by atoms with Crippen LogP contribution in [-0.2, 0) is 16.0 Å². The van der Waals surface area contributed by atoms with Crippen molar-refractivity contribution in [3.05, 3.63) is 64.9 Å². The first-order valence-electron chi connectivity index (χ1n) is 10.4. The largest absolute Gasteiger partial charge is 0.447 e. The van der Waals surface area contributed by atoms with Gasteiger partial charge in [-0.15, -0.1) is 11.8 Å². The van der Waals surface area contributed by atoms with Crippen LogP contribution >= 0.6 is 23.4 Å². The molecular formula is C23H24ClFN2O3S. The molecule has 2 amide bonds. The second-order valence-corrected chi connectivity index (χ2v) is 9.23. The summed E-state index contributed by atoms with van der Waals surface area (Å²) in [6, 6.07) is 14.4. The van der Waals surface area contributed by atoms with Gasteiger partial charge in [-0.3, -0.25) is 9.69 Å². The number of cyclic esters (lactones) is 1. The average molecular weight is 463 g/mol. The molecule has 2 aliphatic rings. The first-order valence-corrected chi connectivity index (χ1v) is 11.7. The molecular weight excluding hydrogens is 439 g/mol. The van der Waals surface area contributed by atoms with Crippen LogP contribution in [0.25, 0.3) is 0 Å². The molecule has 0 N–H and O–H groups in total. The van der Waals surface area contributed by atoms with E-state index in [2.05, 4.69) is 12.1 Å². The Morgan fingerprint density at radius 1 is 1.16 bits per heavy atom. The smallest absolute Gasteiger partial charge is 0.410 e. The number of nitrogens with zero attached hydrogens (tertiary/aromatic N) is 2. The third-order valence-electron chi connectivity index (χ3n) is 5.77. The molecule has 2 saturated heterocycles. The molecule has 0 spiro atoms. The van der Waals surface area contributed by atoms with Gasteiger partial charge in [0, 0.05) is 24.0 Å². The molecule has 2 heterocycles. The lowest BCUT2D eigenvalue weighted by Gasteiger charge is -2.38. The number of hydrogen-bond donors (Lipinski definition) is 0. The molecule has 2 aromatic rings. The van der Waals surface area contributed by atoms with Gasteiger partial charge in [0.2, 0.25) is 5.91 Å². The highest BCUT2D eigenvalue weighted by Gasteiger charge is 2.39. The highest BCUT2D eigenvalue weighted by Crippen LogP contribution is 2.29. The summed E-state index contributed by atoms with van der Waals surface area (Å²) in [4.78, 5) is 29.4. The van der Waals surface area contributed by atoms with Crippen LogP contribution in [0, 0.1) is 5.82 Å². The molecule has 0 radical (unpaired) electrons. The fraction of sp³-hybridized carbons (Fsp3) is 0.391. The van der Waals surface area contributed by atoms with Gasteiger partial charge in [0.1, 0.15) is 12.4 Å². The topological polar surface area (TPSA) is 49.9 Å². The van der Waals surface area contributed by atoms with Crippen molar-refractivity contribution in [1.82, 2.24) is 9.80 Å². The van der Waals surface area contributed by atoms with Gasteiger partial charge in [0.15, 0.2) is 0 Å². The molecule has 8 heteroatoms. The van der Waals surface area contributed by atoms with E-state index in [1.54, 1.807) is 6.07 Å². The first-order chi connectivity index (χ1) is 15.0. The maximum absolute atomic E-state index is 13.2. The van der Waals surface area contributed by atoms with Crippen LogP contribution in [-0.4, -0.2) is 59.3 Å². The molecule has 4 rings (SSSR count). The van der Waals surface area contributed by atoms with Crippen LogP contribution in [0.5, 0.6) is 0 Å². The summed E-state index contributed by atoms with van der Waals surface area (Å²) in [5, 5.41) is 0.313. The van der Waals surface area contributed by atoms with E-state index < -0.39 is 5.82 Å². The highest BCUT2D eigenvalue weighted by atomic mass is 35.5. The highest BCUT2D eigenvalue weighted by molar-refractivity contribution is 8.00. The van der Waals surface area contributed by atoms with Gasteiger partial charge < -0.3 is 9.64 Å². The summed E-state index contributed by atoms with van der Waals surface area (Å²) >= 11 is 7.35. The molecule has 0 saturated carbocycles. The zero-order chi connectivity index (χ0) is 21.8. The van der Waals surface area contributed by atoms with Crippen molar-refractivity contribution in [3.63, 3.8) is 0 Å². The monoisotopic (exact) mass is 462 g/mol. The summed E-state index contributed by atoms with van der Waals surface area (Å²) in [5.74, 6) is -0.124. The summed E-state index contributed by atoms with van der Waals surface area (Å²) in [6.45, 7) is 1.61. The molecule has 1 atom stereocenters. The number of thioether (sulfide) groups is 1. The summed E-state index contributed by atoms with van der Waals surface area (Å²) in [7, 11) is 0. The predicted molar refractivity (Wildman–Crippen MR) is 119 cm³/mol. The van der Waals surface area contributed by atoms with Crippen molar-refractivity contribution < 1.29 is 18.7 Å². The number of likely N-dealkylation sites (tertiary alicyclic amines) is 1. The predicted octanol–water partition coefficient (Wildman–Crippen LogP) is 4.63. The molecule has 164 valence electrons. The van der Waals surface area contributed by atoms with Gasteiger partial charge in [-0.25, -0.2) is 9.18 Å². The van der Waals surface area contributed by atoms with E-state index in [1.807, 2.05) is 28.0 Å². The molecule has 31 heavy (non-hydrogen) atoms. The van der Waals surface area contributed by atoms with Gasteiger partial charge in [-0.05, 0) is 43.0 Å². The lowest BCUT2D eigenvalue weighted by molar-refractivity contribution is -0.129. The van der Waals surface area contributed by atoms with Gasteiger partial charge >= 0.3 is 6.09 Å². The number of benzene rings is 2. The number of rotatable bonds is 6. The second-order valence-electron chi connectivity index (χ2n) is 7.80. The Hall–Kier alpha value is -2.25. The molecule has 2 aliphatic heterocycles. The SMILES string of the molecule is O=C(CSc1ccc(F)cc1Cl)N1CCC(N2C(=O)OCC2Cc2ccccc2)CC1. The van der Waals surface area contributed by atoms with E-state index >= 15 is 0 Å². The van der Waals surface area contributed by atoms with Crippen LogP contribution in [0.1, 0.15) is 18.4 Å². The Bertz CT molecular complexity index is 938. The standard InChI is InChI=1S/C23H24ClFN2O3S/c24-20-13-17(25)6-7-21(20)31-15-22(28)26-10-8-18(9-11-26)27-19(14-30-23(27)29)12-16-4-2-1-3-5-16/h1-7,13,18-19H,8-12,14-15H2. The molecule has 0 bridgehead atoms. The molecule has 2 fully saturated rings. The fourth-order valence-corrected chi connectivity index (χ4v) is 5.33. The molecule has 2 aromatic carbocycles. The van der Waals surface area contributed by atoms with Crippen molar-refractivity contribution >= 4 is 35.4 Å². The van der Waals surface area contributed by atoms with Crippen molar-refractivity contribution in [1.29, 1.82) is 0 Å². The lowest BCUT2D eigenvalue weighted by Crippen LogP contribution is -2.50. The van der Waals surface area contributed by atoms with E-state index in [1.165, 1.54) is 29.5 Å².